The van der Waals surface area contributed by atoms with Gasteiger partial charge in [-0.1, -0.05) is 232 Å². The van der Waals surface area contributed by atoms with E-state index in [4.69, 9.17) is 18.9 Å². The van der Waals surface area contributed by atoms with E-state index < -0.39 is 11.6 Å². The van der Waals surface area contributed by atoms with Crippen LogP contribution in [0.5, 0.6) is 0 Å². The monoisotopic (exact) mass is 1060 g/mol. The molecule has 406 valence electrons. The first-order valence-electron chi connectivity index (χ1n) is 30.6. The van der Waals surface area contributed by atoms with Gasteiger partial charge in [-0.3, -0.25) is 0 Å². The first-order valence-corrected chi connectivity index (χ1v) is 33.8. The summed E-state index contributed by atoms with van der Waals surface area (Å²) in [5.41, 5.74) is 0. The molecule has 0 aliphatic carbocycles. The maximum atomic E-state index is 6.53. The Bertz CT molecular complexity index is 1770. The predicted octanol–water partition coefficient (Wildman–Crippen LogP) is 22.3. The number of hydrogen-bond donors (Lipinski definition) is 0. The van der Waals surface area contributed by atoms with Crippen molar-refractivity contribution in [3.63, 3.8) is 0 Å². The Morgan fingerprint density at radius 2 is 0.528 bits per heavy atom. The zero-order chi connectivity index (χ0) is 50.0. The van der Waals surface area contributed by atoms with Crippen LogP contribution in [0.2, 0.25) is 0 Å². The Hall–Kier alpha value is -1.36. The zero-order valence-electron chi connectivity index (χ0n) is 46.0. The molecular formula is C64H102O4S4. The van der Waals surface area contributed by atoms with Crippen LogP contribution < -0.4 is 0 Å². The van der Waals surface area contributed by atoms with Gasteiger partial charge in [0, 0.05) is 42.1 Å². The van der Waals surface area contributed by atoms with E-state index in [2.05, 4.69) is 62.4 Å². The van der Waals surface area contributed by atoms with Crippen molar-refractivity contribution in [3.8, 4) is 19.5 Å². The first-order chi connectivity index (χ1) is 35.6. The van der Waals surface area contributed by atoms with E-state index >= 15 is 0 Å². The molecule has 2 aliphatic heterocycles. The smallest absolute Gasteiger partial charge is 0.204 e. The molecule has 72 heavy (non-hydrogen) atoms. The van der Waals surface area contributed by atoms with Gasteiger partial charge in [-0.25, -0.2) is 0 Å². The maximum absolute atomic E-state index is 6.53. The fourth-order valence-corrected chi connectivity index (χ4v) is 15.6. The van der Waals surface area contributed by atoms with E-state index in [9.17, 15) is 0 Å². The third-order valence-corrected chi connectivity index (χ3v) is 20.7. The highest BCUT2D eigenvalue weighted by Crippen LogP contribution is 2.49. The van der Waals surface area contributed by atoms with Crippen LogP contribution in [-0.4, -0.2) is 26.4 Å². The number of aryl methyl sites for hydroxylation is 2. The molecule has 2 fully saturated rings. The highest BCUT2D eigenvalue weighted by molar-refractivity contribution is 7.22. The van der Waals surface area contributed by atoms with E-state index in [-0.39, 0.29) is 0 Å². The van der Waals surface area contributed by atoms with Crippen molar-refractivity contribution in [1.29, 1.82) is 0 Å². The van der Waals surface area contributed by atoms with Crippen molar-refractivity contribution in [1.82, 2.24) is 0 Å². The van der Waals surface area contributed by atoms with Crippen molar-refractivity contribution >= 4 is 45.3 Å². The molecule has 0 aromatic carbocycles. The normalized spacial score (nSPS) is 15.4. The lowest BCUT2D eigenvalue weighted by Crippen LogP contribution is -2.33. The zero-order valence-corrected chi connectivity index (χ0v) is 49.3. The molecular weight excluding hydrogens is 961 g/mol. The Kier molecular flexibility index (Phi) is 30.5. The van der Waals surface area contributed by atoms with Crippen molar-refractivity contribution < 1.29 is 18.9 Å². The molecule has 2 saturated heterocycles. The van der Waals surface area contributed by atoms with Gasteiger partial charge in [0.1, 0.15) is 0 Å². The predicted molar refractivity (Wildman–Crippen MR) is 317 cm³/mol. The molecule has 0 bridgehead atoms. The van der Waals surface area contributed by atoms with E-state index in [1.807, 2.05) is 45.3 Å². The molecule has 0 N–H and O–H groups in total. The number of unbranched alkanes of at least 4 members (excludes halogenated alkanes) is 34. The van der Waals surface area contributed by atoms with Crippen LogP contribution in [0.3, 0.4) is 0 Å². The summed E-state index contributed by atoms with van der Waals surface area (Å²) >= 11 is 7.59. The summed E-state index contributed by atoms with van der Waals surface area (Å²) in [5, 5.41) is 0. The van der Waals surface area contributed by atoms with Crippen molar-refractivity contribution in [2.24, 2.45) is 0 Å². The van der Waals surface area contributed by atoms with E-state index in [1.165, 1.54) is 273 Å². The van der Waals surface area contributed by atoms with E-state index in [0.717, 1.165) is 9.75 Å². The number of ether oxygens (including phenoxy) is 4. The van der Waals surface area contributed by atoms with Gasteiger partial charge in [0.05, 0.1) is 36.2 Å². The summed E-state index contributed by atoms with van der Waals surface area (Å²) in [5.74, 6) is -1.54. The van der Waals surface area contributed by atoms with E-state index in [1.54, 1.807) is 0 Å². The molecule has 2 aliphatic rings. The third-order valence-electron chi connectivity index (χ3n) is 15.6. The molecule has 4 aromatic rings. The second-order valence-corrected chi connectivity index (χ2v) is 26.3. The molecule has 8 heteroatoms. The van der Waals surface area contributed by atoms with Crippen LogP contribution in [0.4, 0.5) is 0 Å². The summed E-state index contributed by atoms with van der Waals surface area (Å²) in [4.78, 5) is 10.6. The van der Waals surface area contributed by atoms with Crippen LogP contribution in [0, 0.1) is 0 Å². The molecule has 0 radical (unpaired) electrons. The number of rotatable bonds is 45. The molecule has 0 unspecified atom stereocenters. The first kappa shape index (κ1) is 59.9. The fraction of sp³-hybridized carbons (Fsp3) is 0.750. The van der Waals surface area contributed by atoms with Gasteiger partial charge < -0.3 is 18.9 Å². The van der Waals surface area contributed by atoms with Gasteiger partial charge >= 0.3 is 0 Å². The standard InChI is InChI=1S/C64H102O4S4/c1-3-5-7-9-11-13-15-17-19-21-23-25-27-29-31-33-35-37-39-55-41-43-57(69-55)59-45-47-61(71-59)63(65-51-52-66-63)49-50-64(67-53-54-68-64)62-48-46-60(72-62)58-44-42-56(70-58)40-38-36-34-32-30-28-26-24-22-20-18-16-14-12-10-8-6-4-2/h41-48H,3-40,49-54H2,1-2H3. The lowest BCUT2D eigenvalue weighted by atomic mass is 10.0. The molecule has 0 atom stereocenters. The molecule has 0 saturated carbocycles. The second kappa shape index (κ2) is 36.6. The maximum Gasteiger partial charge on any atom is 0.204 e. The van der Waals surface area contributed by atoms with Crippen molar-refractivity contribution in [2.75, 3.05) is 26.4 Å². The topological polar surface area (TPSA) is 36.9 Å². The van der Waals surface area contributed by atoms with Crippen LogP contribution in [0.15, 0.2) is 48.5 Å². The Labute approximate surface area is 457 Å². The number of hydrogen-bond acceptors (Lipinski definition) is 8. The number of thiophene rings is 4. The molecule has 0 spiro atoms. The van der Waals surface area contributed by atoms with Crippen LogP contribution in [0.25, 0.3) is 19.5 Å². The minimum absolute atomic E-state index is 0.605. The largest absolute Gasteiger partial charge is 0.343 e. The van der Waals surface area contributed by atoms with Gasteiger partial charge in [0.2, 0.25) is 11.6 Å². The van der Waals surface area contributed by atoms with Crippen LogP contribution in [-0.2, 0) is 43.4 Å². The quantitative estimate of drug-likeness (QED) is 0.0414. The fourth-order valence-electron chi connectivity index (χ4n) is 11.1. The molecule has 4 nitrogen and oxygen atoms in total. The molecule has 6 heterocycles. The van der Waals surface area contributed by atoms with Crippen molar-refractivity contribution in [2.45, 2.75) is 282 Å². The second-order valence-electron chi connectivity index (χ2n) is 21.8. The lowest BCUT2D eigenvalue weighted by molar-refractivity contribution is -0.211. The van der Waals surface area contributed by atoms with Gasteiger partial charge in [0.25, 0.3) is 0 Å². The average molecular weight is 1060 g/mol. The Balaban J connectivity index is 0.835. The summed E-state index contributed by atoms with van der Waals surface area (Å²) in [6.45, 7) is 7.03. The summed E-state index contributed by atoms with van der Waals surface area (Å²) in [6, 6.07) is 18.4. The highest BCUT2D eigenvalue weighted by Gasteiger charge is 2.47. The summed E-state index contributed by atoms with van der Waals surface area (Å²) in [6.07, 6.45) is 54.9. The van der Waals surface area contributed by atoms with Gasteiger partial charge in [-0.05, 0) is 74.2 Å². The minimum atomic E-state index is -0.771. The van der Waals surface area contributed by atoms with Gasteiger partial charge in [-0.2, -0.15) is 0 Å². The lowest BCUT2D eigenvalue weighted by Gasteiger charge is -2.32. The van der Waals surface area contributed by atoms with Crippen LogP contribution in [0.1, 0.15) is 277 Å². The Morgan fingerprint density at radius 1 is 0.292 bits per heavy atom. The summed E-state index contributed by atoms with van der Waals surface area (Å²) < 4.78 is 26.1. The minimum Gasteiger partial charge on any atom is -0.343 e. The van der Waals surface area contributed by atoms with Crippen molar-refractivity contribution in [3.05, 3.63) is 68.0 Å². The average Bonchev–Trinajstić information content (AvgIpc) is 4.26. The summed E-state index contributed by atoms with van der Waals surface area (Å²) in [7, 11) is 0. The van der Waals surface area contributed by atoms with Gasteiger partial charge in [0.15, 0.2) is 0 Å². The SMILES string of the molecule is CCCCCCCCCCCCCCCCCCCCc1ccc(-c2ccc(C3(CCC4(c5ccc(-c6ccc(CCCCCCCCCCCCCCCCCCCC)s6)s5)OCCO4)OCCO3)s2)s1. The van der Waals surface area contributed by atoms with Gasteiger partial charge in [-0.15, -0.1) is 45.3 Å². The Morgan fingerprint density at radius 3 is 0.806 bits per heavy atom. The highest BCUT2D eigenvalue weighted by atomic mass is 32.1. The molecule has 4 aromatic heterocycles. The molecule has 0 amide bonds. The van der Waals surface area contributed by atoms with E-state index in [0.29, 0.717) is 39.3 Å². The van der Waals surface area contributed by atoms with Crippen LogP contribution >= 0.6 is 45.3 Å². The third kappa shape index (κ3) is 21.9. The molecule has 6 rings (SSSR count).